The second-order valence-corrected chi connectivity index (χ2v) is 7.71. The first kappa shape index (κ1) is 19.6. The number of phenolic OH excluding ortho intramolecular Hbond substituents is 1. The zero-order chi connectivity index (χ0) is 18.3. The van der Waals surface area contributed by atoms with Crippen molar-refractivity contribution in [1.29, 1.82) is 0 Å². The van der Waals surface area contributed by atoms with Crippen molar-refractivity contribution in [1.82, 2.24) is 0 Å². The topological polar surface area (TPSA) is 20.2 Å². The molecule has 1 heteroatoms. The van der Waals surface area contributed by atoms with E-state index in [4.69, 9.17) is 0 Å². The molecule has 1 unspecified atom stereocenters. The SMILES string of the molecule is CCCCCC(CCC)c1cccc(O)c1C(C)(C)c1ccccc1. The Morgan fingerprint density at radius 2 is 1.56 bits per heavy atom. The van der Waals surface area contributed by atoms with Crippen LogP contribution in [0.25, 0.3) is 0 Å². The minimum Gasteiger partial charge on any atom is -0.508 e. The van der Waals surface area contributed by atoms with Gasteiger partial charge in [0.15, 0.2) is 0 Å². The predicted octanol–water partition coefficient (Wildman–Crippen LogP) is 7.18. The lowest BCUT2D eigenvalue weighted by molar-refractivity contribution is 0.443. The Bertz CT molecular complexity index is 642. The smallest absolute Gasteiger partial charge is 0.119 e. The van der Waals surface area contributed by atoms with E-state index in [2.05, 4.69) is 64.1 Å². The summed E-state index contributed by atoms with van der Waals surface area (Å²) in [7, 11) is 0. The Labute approximate surface area is 154 Å². The van der Waals surface area contributed by atoms with E-state index in [1.54, 1.807) is 0 Å². The van der Waals surface area contributed by atoms with Gasteiger partial charge in [-0.15, -0.1) is 0 Å². The molecule has 0 aliphatic heterocycles. The van der Waals surface area contributed by atoms with Crippen LogP contribution < -0.4 is 0 Å². The maximum absolute atomic E-state index is 10.8. The molecule has 2 aromatic carbocycles. The number of hydrogen-bond donors (Lipinski definition) is 1. The van der Waals surface area contributed by atoms with Crippen LogP contribution in [0.1, 0.15) is 88.8 Å². The highest BCUT2D eigenvalue weighted by atomic mass is 16.3. The Balaban J connectivity index is 2.47. The highest BCUT2D eigenvalue weighted by Crippen LogP contribution is 2.43. The molecule has 0 radical (unpaired) electrons. The summed E-state index contributed by atoms with van der Waals surface area (Å²) in [6.45, 7) is 8.98. The summed E-state index contributed by atoms with van der Waals surface area (Å²) in [6.07, 6.45) is 7.38. The second kappa shape index (κ2) is 9.08. The lowest BCUT2D eigenvalue weighted by atomic mass is 9.72. The lowest BCUT2D eigenvalue weighted by Crippen LogP contribution is -2.22. The van der Waals surface area contributed by atoms with Crippen molar-refractivity contribution in [2.75, 3.05) is 0 Å². The van der Waals surface area contributed by atoms with Crippen molar-refractivity contribution in [3.8, 4) is 5.75 Å². The van der Waals surface area contributed by atoms with Crippen LogP contribution in [-0.2, 0) is 5.41 Å². The van der Waals surface area contributed by atoms with Crippen molar-refractivity contribution in [3.63, 3.8) is 0 Å². The average Bonchev–Trinajstić information content (AvgIpc) is 2.61. The second-order valence-electron chi connectivity index (χ2n) is 7.71. The molecule has 25 heavy (non-hydrogen) atoms. The first-order valence-electron chi connectivity index (χ1n) is 9.90. The number of benzene rings is 2. The Hall–Kier alpha value is -1.76. The van der Waals surface area contributed by atoms with Crippen LogP contribution in [0, 0.1) is 0 Å². The Morgan fingerprint density at radius 1 is 0.840 bits per heavy atom. The maximum Gasteiger partial charge on any atom is 0.119 e. The van der Waals surface area contributed by atoms with Gasteiger partial charge >= 0.3 is 0 Å². The number of hydrogen-bond acceptors (Lipinski definition) is 1. The molecule has 0 heterocycles. The molecular weight excluding hydrogens is 304 g/mol. The molecule has 0 fully saturated rings. The first-order valence-corrected chi connectivity index (χ1v) is 9.90. The van der Waals surface area contributed by atoms with Gasteiger partial charge in [0.2, 0.25) is 0 Å². The average molecular weight is 339 g/mol. The number of unbranched alkanes of at least 4 members (excludes halogenated alkanes) is 2. The largest absolute Gasteiger partial charge is 0.508 e. The molecule has 0 aromatic heterocycles. The fourth-order valence-electron chi connectivity index (χ4n) is 4.02. The number of phenols is 1. The van der Waals surface area contributed by atoms with Crippen LogP contribution in [0.5, 0.6) is 5.75 Å². The van der Waals surface area contributed by atoms with E-state index in [9.17, 15) is 5.11 Å². The van der Waals surface area contributed by atoms with Crippen molar-refractivity contribution >= 4 is 0 Å². The van der Waals surface area contributed by atoms with Crippen LogP contribution in [0.3, 0.4) is 0 Å². The molecule has 2 rings (SSSR count). The third kappa shape index (κ3) is 4.66. The molecule has 0 saturated carbocycles. The molecule has 0 spiro atoms. The predicted molar refractivity (Wildman–Crippen MR) is 108 cm³/mol. The standard InChI is InChI=1S/C24H34O/c1-5-7-9-14-19(13-6-2)21-17-12-18-22(25)23(21)24(3,4)20-15-10-8-11-16-20/h8,10-12,15-19,25H,5-7,9,13-14H2,1-4H3. The van der Waals surface area contributed by atoms with Gasteiger partial charge in [-0.25, -0.2) is 0 Å². The quantitative estimate of drug-likeness (QED) is 0.480. The molecule has 1 N–H and O–H groups in total. The van der Waals surface area contributed by atoms with Gasteiger partial charge in [-0.2, -0.15) is 0 Å². The Morgan fingerprint density at radius 3 is 2.20 bits per heavy atom. The van der Waals surface area contributed by atoms with E-state index in [1.165, 1.54) is 49.7 Å². The molecule has 0 aliphatic carbocycles. The Kier molecular flexibility index (Phi) is 7.11. The molecule has 0 amide bonds. The fraction of sp³-hybridized carbons (Fsp3) is 0.500. The minimum atomic E-state index is -0.210. The molecule has 1 nitrogen and oxygen atoms in total. The van der Waals surface area contributed by atoms with Crippen LogP contribution in [0.4, 0.5) is 0 Å². The normalized spacial score (nSPS) is 13.0. The van der Waals surface area contributed by atoms with Gasteiger partial charge in [-0.05, 0) is 36.0 Å². The van der Waals surface area contributed by atoms with E-state index >= 15 is 0 Å². The van der Waals surface area contributed by atoms with Crippen LogP contribution in [0.15, 0.2) is 48.5 Å². The van der Waals surface area contributed by atoms with E-state index in [0.29, 0.717) is 11.7 Å². The molecule has 0 bridgehead atoms. The van der Waals surface area contributed by atoms with Gasteiger partial charge < -0.3 is 5.11 Å². The molecule has 2 aromatic rings. The third-order valence-electron chi connectivity index (χ3n) is 5.43. The van der Waals surface area contributed by atoms with E-state index in [1.807, 2.05) is 12.1 Å². The summed E-state index contributed by atoms with van der Waals surface area (Å²) in [6, 6.07) is 16.7. The van der Waals surface area contributed by atoms with Gasteiger partial charge in [0.05, 0.1) is 0 Å². The van der Waals surface area contributed by atoms with Gasteiger partial charge in [0, 0.05) is 11.0 Å². The van der Waals surface area contributed by atoms with Crippen molar-refractivity contribution < 1.29 is 5.11 Å². The number of rotatable bonds is 9. The van der Waals surface area contributed by atoms with Gasteiger partial charge in [-0.3, -0.25) is 0 Å². The first-order chi connectivity index (χ1) is 12.0. The van der Waals surface area contributed by atoms with Crippen molar-refractivity contribution in [2.24, 2.45) is 0 Å². The summed E-state index contributed by atoms with van der Waals surface area (Å²) in [5.41, 5.74) is 3.49. The summed E-state index contributed by atoms with van der Waals surface area (Å²) in [5, 5.41) is 10.8. The van der Waals surface area contributed by atoms with Gasteiger partial charge in [0.1, 0.15) is 5.75 Å². The van der Waals surface area contributed by atoms with Gasteiger partial charge in [0.25, 0.3) is 0 Å². The lowest BCUT2D eigenvalue weighted by Gasteiger charge is -2.32. The highest BCUT2D eigenvalue weighted by molar-refractivity contribution is 5.51. The molecule has 136 valence electrons. The van der Waals surface area contributed by atoms with Crippen molar-refractivity contribution in [3.05, 3.63) is 65.2 Å². The molecular formula is C24H34O. The molecule has 1 atom stereocenters. The van der Waals surface area contributed by atoms with Crippen molar-refractivity contribution in [2.45, 2.75) is 77.6 Å². The van der Waals surface area contributed by atoms with Crippen LogP contribution in [0.2, 0.25) is 0 Å². The summed E-state index contributed by atoms with van der Waals surface area (Å²) < 4.78 is 0. The van der Waals surface area contributed by atoms with E-state index in [0.717, 1.165) is 5.56 Å². The number of aromatic hydroxyl groups is 1. The third-order valence-corrected chi connectivity index (χ3v) is 5.43. The zero-order valence-corrected chi connectivity index (χ0v) is 16.4. The van der Waals surface area contributed by atoms with E-state index in [-0.39, 0.29) is 5.41 Å². The monoisotopic (exact) mass is 338 g/mol. The zero-order valence-electron chi connectivity index (χ0n) is 16.4. The molecule has 0 aliphatic rings. The van der Waals surface area contributed by atoms with E-state index < -0.39 is 0 Å². The van der Waals surface area contributed by atoms with Crippen LogP contribution in [-0.4, -0.2) is 5.11 Å². The fourth-order valence-corrected chi connectivity index (χ4v) is 4.02. The highest BCUT2D eigenvalue weighted by Gasteiger charge is 2.30. The van der Waals surface area contributed by atoms with Crippen LogP contribution >= 0.6 is 0 Å². The summed E-state index contributed by atoms with van der Waals surface area (Å²) in [4.78, 5) is 0. The summed E-state index contributed by atoms with van der Waals surface area (Å²) >= 11 is 0. The molecule has 0 saturated heterocycles. The minimum absolute atomic E-state index is 0.210. The van der Waals surface area contributed by atoms with Gasteiger partial charge in [-0.1, -0.05) is 95.8 Å². The summed E-state index contributed by atoms with van der Waals surface area (Å²) in [5.74, 6) is 0.963. The maximum atomic E-state index is 10.8.